The van der Waals surface area contributed by atoms with Crippen LogP contribution in [0.3, 0.4) is 0 Å². The van der Waals surface area contributed by atoms with Gasteiger partial charge in [-0.1, -0.05) is 41.0 Å². The minimum atomic E-state index is -0.0209. The molecule has 0 heterocycles. The SMILES string of the molecule is CCC(C)CN(CC)C(CN)(COC)C(C)C. The number of hydrogen-bond donors (Lipinski definition) is 1. The summed E-state index contributed by atoms with van der Waals surface area (Å²) < 4.78 is 5.44. The van der Waals surface area contributed by atoms with Crippen LogP contribution in [0.2, 0.25) is 0 Å². The fourth-order valence-corrected chi connectivity index (χ4v) is 2.43. The van der Waals surface area contributed by atoms with Crippen LogP contribution in [0.5, 0.6) is 0 Å². The van der Waals surface area contributed by atoms with Gasteiger partial charge < -0.3 is 10.5 Å². The molecule has 3 nitrogen and oxygen atoms in total. The molecule has 0 aliphatic heterocycles. The molecule has 0 aromatic rings. The van der Waals surface area contributed by atoms with E-state index in [1.807, 2.05) is 0 Å². The lowest BCUT2D eigenvalue weighted by Crippen LogP contribution is -2.61. The van der Waals surface area contributed by atoms with Gasteiger partial charge in [0.25, 0.3) is 0 Å². The number of hydrogen-bond acceptors (Lipinski definition) is 3. The van der Waals surface area contributed by atoms with Crippen LogP contribution in [0, 0.1) is 11.8 Å². The standard InChI is InChI=1S/C14H32N2O/c1-7-13(5)9-16(8-2)14(10-15,11-17-6)12(3)4/h12-13H,7-11,15H2,1-6H3. The van der Waals surface area contributed by atoms with Crippen LogP contribution in [0.4, 0.5) is 0 Å². The Morgan fingerprint density at radius 3 is 2.12 bits per heavy atom. The van der Waals surface area contributed by atoms with E-state index >= 15 is 0 Å². The number of rotatable bonds is 9. The minimum Gasteiger partial charge on any atom is -0.383 e. The zero-order valence-electron chi connectivity index (χ0n) is 12.6. The average Bonchev–Trinajstić information content (AvgIpc) is 2.32. The number of ether oxygens (including phenoxy) is 1. The Morgan fingerprint density at radius 2 is 1.82 bits per heavy atom. The second kappa shape index (κ2) is 8.06. The van der Waals surface area contributed by atoms with Gasteiger partial charge in [-0.15, -0.1) is 0 Å². The van der Waals surface area contributed by atoms with Gasteiger partial charge in [0.2, 0.25) is 0 Å². The summed E-state index contributed by atoms with van der Waals surface area (Å²) >= 11 is 0. The van der Waals surface area contributed by atoms with Crippen LogP contribution in [0.25, 0.3) is 0 Å². The Morgan fingerprint density at radius 1 is 1.24 bits per heavy atom. The van der Waals surface area contributed by atoms with Crippen molar-refractivity contribution < 1.29 is 4.74 Å². The predicted octanol–water partition coefficient (Wildman–Crippen LogP) is 2.35. The van der Waals surface area contributed by atoms with Crippen LogP contribution in [0.1, 0.15) is 41.0 Å². The summed E-state index contributed by atoms with van der Waals surface area (Å²) in [5, 5.41) is 0. The molecule has 0 aromatic carbocycles. The quantitative estimate of drug-likeness (QED) is 0.676. The molecule has 2 N–H and O–H groups in total. The van der Waals surface area contributed by atoms with E-state index in [0.29, 0.717) is 25.0 Å². The van der Waals surface area contributed by atoms with Crippen molar-refractivity contribution in [1.29, 1.82) is 0 Å². The topological polar surface area (TPSA) is 38.5 Å². The van der Waals surface area contributed by atoms with E-state index in [9.17, 15) is 0 Å². The smallest absolute Gasteiger partial charge is 0.0661 e. The molecule has 0 amide bonds. The summed E-state index contributed by atoms with van der Waals surface area (Å²) in [6, 6.07) is 0. The van der Waals surface area contributed by atoms with Gasteiger partial charge in [-0.2, -0.15) is 0 Å². The summed E-state index contributed by atoms with van der Waals surface area (Å²) in [6.45, 7) is 14.7. The van der Waals surface area contributed by atoms with Gasteiger partial charge in [0.15, 0.2) is 0 Å². The highest BCUT2D eigenvalue weighted by atomic mass is 16.5. The van der Waals surface area contributed by atoms with Crippen LogP contribution < -0.4 is 5.73 Å². The van der Waals surface area contributed by atoms with E-state index in [1.54, 1.807) is 7.11 Å². The third-order valence-corrected chi connectivity index (χ3v) is 4.06. The van der Waals surface area contributed by atoms with Crippen molar-refractivity contribution >= 4 is 0 Å². The van der Waals surface area contributed by atoms with Crippen LogP contribution >= 0.6 is 0 Å². The maximum absolute atomic E-state index is 6.07. The Hall–Kier alpha value is -0.120. The maximum atomic E-state index is 6.07. The maximum Gasteiger partial charge on any atom is 0.0661 e. The minimum absolute atomic E-state index is 0.0209. The van der Waals surface area contributed by atoms with Gasteiger partial charge in [-0.25, -0.2) is 0 Å². The van der Waals surface area contributed by atoms with Gasteiger partial charge in [0.05, 0.1) is 12.1 Å². The molecular formula is C14H32N2O. The summed E-state index contributed by atoms with van der Waals surface area (Å²) in [5.41, 5.74) is 6.05. The lowest BCUT2D eigenvalue weighted by molar-refractivity contribution is -0.0205. The lowest BCUT2D eigenvalue weighted by Gasteiger charge is -2.46. The molecule has 0 radical (unpaired) electrons. The van der Waals surface area contributed by atoms with Gasteiger partial charge >= 0.3 is 0 Å². The summed E-state index contributed by atoms with van der Waals surface area (Å²) in [7, 11) is 1.77. The van der Waals surface area contributed by atoms with E-state index in [1.165, 1.54) is 6.42 Å². The van der Waals surface area contributed by atoms with Crippen molar-refractivity contribution in [1.82, 2.24) is 4.90 Å². The highest BCUT2D eigenvalue weighted by Crippen LogP contribution is 2.26. The lowest BCUT2D eigenvalue weighted by atomic mass is 9.84. The average molecular weight is 244 g/mol. The molecule has 0 saturated heterocycles. The summed E-state index contributed by atoms with van der Waals surface area (Å²) in [4.78, 5) is 2.51. The van der Waals surface area contributed by atoms with Crippen molar-refractivity contribution in [3.05, 3.63) is 0 Å². The summed E-state index contributed by atoms with van der Waals surface area (Å²) in [5.74, 6) is 1.20. The third kappa shape index (κ3) is 4.23. The highest BCUT2D eigenvalue weighted by molar-refractivity contribution is 4.94. The Bertz CT molecular complexity index is 197. The van der Waals surface area contributed by atoms with Gasteiger partial charge in [-0.3, -0.25) is 4.90 Å². The van der Waals surface area contributed by atoms with Crippen molar-refractivity contribution in [3.63, 3.8) is 0 Å². The first-order chi connectivity index (χ1) is 7.98. The molecule has 0 rings (SSSR count). The molecule has 0 spiro atoms. The number of methoxy groups -OCH3 is 1. The predicted molar refractivity (Wildman–Crippen MR) is 75.2 cm³/mol. The first-order valence-corrected chi connectivity index (χ1v) is 6.92. The van der Waals surface area contributed by atoms with E-state index in [0.717, 1.165) is 13.1 Å². The fourth-order valence-electron chi connectivity index (χ4n) is 2.43. The van der Waals surface area contributed by atoms with Crippen LogP contribution in [-0.4, -0.2) is 43.8 Å². The molecule has 2 atom stereocenters. The van der Waals surface area contributed by atoms with Crippen molar-refractivity contribution in [2.75, 3.05) is 33.4 Å². The highest BCUT2D eigenvalue weighted by Gasteiger charge is 2.38. The second-order valence-electron chi connectivity index (χ2n) is 5.45. The van der Waals surface area contributed by atoms with E-state index < -0.39 is 0 Å². The molecule has 3 heteroatoms. The Kier molecular flexibility index (Phi) is 8.01. The van der Waals surface area contributed by atoms with Crippen molar-refractivity contribution in [2.24, 2.45) is 17.6 Å². The van der Waals surface area contributed by atoms with E-state index in [2.05, 4.69) is 39.5 Å². The molecule has 104 valence electrons. The largest absolute Gasteiger partial charge is 0.383 e. The van der Waals surface area contributed by atoms with Gasteiger partial charge in [-0.05, 0) is 18.4 Å². The van der Waals surface area contributed by atoms with Crippen LogP contribution in [-0.2, 0) is 4.74 Å². The first kappa shape index (κ1) is 16.9. The number of nitrogens with zero attached hydrogens (tertiary/aromatic N) is 1. The molecule has 0 saturated carbocycles. The van der Waals surface area contributed by atoms with Crippen LogP contribution in [0.15, 0.2) is 0 Å². The van der Waals surface area contributed by atoms with Crippen molar-refractivity contribution in [3.8, 4) is 0 Å². The Labute approximate surface area is 108 Å². The molecule has 17 heavy (non-hydrogen) atoms. The normalized spacial score (nSPS) is 17.5. The molecular weight excluding hydrogens is 212 g/mol. The molecule has 0 bridgehead atoms. The summed E-state index contributed by atoms with van der Waals surface area (Å²) in [6.07, 6.45) is 1.21. The monoisotopic (exact) mass is 244 g/mol. The first-order valence-electron chi connectivity index (χ1n) is 6.92. The van der Waals surface area contributed by atoms with Gasteiger partial charge in [0.1, 0.15) is 0 Å². The van der Waals surface area contributed by atoms with E-state index in [4.69, 9.17) is 10.5 Å². The number of nitrogens with two attached hydrogens (primary N) is 1. The number of likely N-dealkylation sites (N-methyl/N-ethyl adjacent to an activating group) is 1. The van der Waals surface area contributed by atoms with Crippen molar-refractivity contribution in [2.45, 2.75) is 46.6 Å². The zero-order chi connectivity index (χ0) is 13.5. The Balaban J connectivity index is 4.94. The van der Waals surface area contributed by atoms with E-state index in [-0.39, 0.29) is 5.54 Å². The molecule has 2 unspecified atom stereocenters. The second-order valence-corrected chi connectivity index (χ2v) is 5.45. The fraction of sp³-hybridized carbons (Fsp3) is 1.00. The third-order valence-electron chi connectivity index (χ3n) is 4.06. The molecule has 0 aliphatic rings. The zero-order valence-corrected chi connectivity index (χ0v) is 12.6. The molecule has 0 fully saturated rings. The molecule has 0 aromatic heterocycles. The van der Waals surface area contributed by atoms with Gasteiger partial charge in [0, 0.05) is 20.2 Å². The molecule has 0 aliphatic carbocycles.